The van der Waals surface area contributed by atoms with Gasteiger partial charge in [0.05, 0.1) is 16.3 Å². The quantitative estimate of drug-likeness (QED) is 0.705. The highest BCUT2D eigenvalue weighted by Crippen LogP contribution is 2.28. The number of hydrogen-bond donors (Lipinski definition) is 3. The van der Waals surface area contributed by atoms with Crippen molar-refractivity contribution < 1.29 is 14.7 Å². The van der Waals surface area contributed by atoms with E-state index in [4.69, 9.17) is 5.11 Å². The number of nitrogens with one attached hydrogen (secondary N) is 2. The maximum atomic E-state index is 12.1. The van der Waals surface area contributed by atoms with Crippen LogP contribution in [0.2, 0.25) is 0 Å². The van der Waals surface area contributed by atoms with Gasteiger partial charge in [0.1, 0.15) is 0 Å². The first-order valence-corrected chi connectivity index (χ1v) is 9.76. The van der Waals surface area contributed by atoms with Gasteiger partial charge in [-0.05, 0) is 30.5 Å². The number of thiazole rings is 1. The van der Waals surface area contributed by atoms with Crippen molar-refractivity contribution in [3.63, 3.8) is 0 Å². The highest BCUT2D eigenvalue weighted by Gasteiger charge is 2.15. The van der Waals surface area contributed by atoms with Gasteiger partial charge in [-0.3, -0.25) is 4.79 Å². The summed E-state index contributed by atoms with van der Waals surface area (Å²) in [4.78, 5) is 28.0. The van der Waals surface area contributed by atoms with E-state index in [2.05, 4.69) is 15.6 Å². The first-order valence-electron chi connectivity index (χ1n) is 8.94. The molecule has 2 aromatic rings. The topological polar surface area (TPSA) is 91.3 Å². The lowest BCUT2D eigenvalue weighted by atomic mass is 9.96. The lowest BCUT2D eigenvalue weighted by Crippen LogP contribution is -2.38. The van der Waals surface area contributed by atoms with Gasteiger partial charge in [-0.2, -0.15) is 0 Å². The average molecular weight is 373 g/mol. The number of carboxylic acid groups (broad SMARTS) is 1. The average Bonchev–Trinajstić information content (AvgIpc) is 3.10. The molecule has 3 rings (SSSR count). The van der Waals surface area contributed by atoms with Gasteiger partial charge in [0.15, 0.2) is 0 Å². The molecule has 7 heteroatoms. The fourth-order valence-electron chi connectivity index (χ4n) is 3.09. The van der Waals surface area contributed by atoms with Crippen LogP contribution in [0, 0.1) is 0 Å². The number of anilines is 1. The number of amides is 2. The van der Waals surface area contributed by atoms with Crippen LogP contribution in [0.1, 0.15) is 43.5 Å². The van der Waals surface area contributed by atoms with Gasteiger partial charge < -0.3 is 15.7 Å². The molecule has 1 fully saturated rings. The molecular formula is C19H23N3O3S. The number of aryl methyl sites for hydroxylation is 1. The second kappa shape index (κ2) is 8.80. The highest BCUT2D eigenvalue weighted by molar-refractivity contribution is 7.15. The molecule has 26 heavy (non-hydrogen) atoms. The van der Waals surface area contributed by atoms with E-state index in [1.165, 1.54) is 30.6 Å². The smallest absolute Gasteiger partial charge is 0.319 e. The number of carbonyl (C=O) groups excluding carboxylic acids is 1. The Kier molecular flexibility index (Phi) is 6.22. The summed E-state index contributed by atoms with van der Waals surface area (Å²) in [6.45, 7) is 0. The molecule has 1 aromatic carbocycles. The van der Waals surface area contributed by atoms with E-state index in [9.17, 15) is 9.59 Å². The van der Waals surface area contributed by atoms with E-state index >= 15 is 0 Å². The Morgan fingerprint density at radius 2 is 1.88 bits per heavy atom. The minimum atomic E-state index is -0.816. The predicted octanol–water partition coefficient (Wildman–Crippen LogP) is 4.28. The molecule has 0 unspecified atom stereocenters. The molecule has 6 nitrogen and oxygen atoms in total. The lowest BCUT2D eigenvalue weighted by Gasteiger charge is -2.22. The Morgan fingerprint density at radius 1 is 1.15 bits per heavy atom. The van der Waals surface area contributed by atoms with E-state index in [1.54, 1.807) is 6.20 Å². The third-order valence-corrected chi connectivity index (χ3v) is 5.58. The summed E-state index contributed by atoms with van der Waals surface area (Å²) in [7, 11) is 0. The third kappa shape index (κ3) is 5.29. The summed E-state index contributed by atoms with van der Waals surface area (Å²) < 4.78 is 0. The van der Waals surface area contributed by atoms with Gasteiger partial charge in [-0.25, -0.2) is 9.78 Å². The van der Waals surface area contributed by atoms with E-state index in [-0.39, 0.29) is 18.5 Å². The Labute approximate surface area is 156 Å². The SMILES string of the molecule is O=C(O)CCc1ncc(-c2ccc(NC(=O)NC3CCCCC3)cc2)s1. The summed E-state index contributed by atoms with van der Waals surface area (Å²) in [5.41, 5.74) is 1.75. The number of urea groups is 1. The van der Waals surface area contributed by atoms with Crippen molar-refractivity contribution >= 4 is 29.0 Å². The Hall–Kier alpha value is -2.41. The third-order valence-electron chi connectivity index (χ3n) is 4.47. The molecule has 2 amide bonds. The van der Waals surface area contributed by atoms with Gasteiger partial charge >= 0.3 is 12.0 Å². The van der Waals surface area contributed by atoms with E-state index in [0.29, 0.717) is 6.42 Å². The van der Waals surface area contributed by atoms with Crippen LogP contribution in [0.15, 0.2) is 30.5 Å². The number of benzene rings is 1. The maximum absolute atomic E-state index is 12.1. The zero-order valence-electron chi connectivity index (χ0n) is 14.5. The van der Waals surface area contributed by atoms with Crippen molar-refractivity contribution in [2.45, 2.75) is 51.0 Å². The van der Waals surface area contributed by atoms with Gasteiger partial charge in [-0.15, -0.1) is 11.3 Å². The number of carbonyl (C=O) groups is 2. The minimum absolute atomic E-state index is 0.0892. The molecule has 138 valence electrons. The molecule has 0 spiro atoms. The van der Waals surface area contributed by atoms with Crippen LogP contribution in [0.3, 0.4) is 0 Å². The normalized spacial score (nSPS) is 14.8. The number of nitrogens with zero attached hydrogens (tertiary/aromatic N) is 1. The van der Waals surface area contributed by atoms with Crippen LogP contribution in [0.5, 0.6) is 0 Å². The van der Waals surface area contributed by atoms with Gasteiger partial charge in [0.2, 0.25) is 0 Å². The predicted molar refractivity (Wildman–Crippen MR) is 103 cm³/mol. The molecule has 0 bridgehead atoms. The van der Waals surface area contributed by atoms with E-state index in [1.807, 2.05) is 24.3 Å². The molecule has 1 aliphatic rings. The highest BCUT2D eigenvalue weighted by atomic mass is 32.1. The molecular weight excluding hydrogens is 350 g/mol. The van der Waals surface area contributed by atoms with Gasteiger partial charge in [-0.1, -0.05) is 31.4 Å². The number of hydrogen-bond acceptors (Lipinski definition) is 4. The summed E-state index contributed by atoms with van der Waals surface area (Å²) in [5.74, 6) is -0.816. The second-order valence-corrected chi connectivity index (χ2v) is 7.64. The summed E-state index contributed by atoms with van der Waals surface area (Å²) >= 11 is 1.50. The van der Waals surface area contributed by atoms with Crippen molar-refractivity contribution in [1.29, 1.82) is 0 Å². The van der Waals surface area contributed by atoms with Crippen LogP contribution in [-0.2, 0) is 11.2 Å². The number of aliphatic carboxylic acids is 1. The molecule has 0 saturated heterocycles. The van der Waals surface area contributed by atoms with Crippen molar-refractivity contribution in [1.82, 2.24) is 10.3 Å². The first kappa shape index (κ1) is 18.4. The van der Waals surface area contributed by atoms with Crippen LogP contribution in [-0.4, -0.2) is 28.1 Å². The van der Waals surface area contributed by atoms with Crippen molar-refractivity contribution in [3.05, 3.63) is 35.5 Å². The molecule has 1 saturated carbocycles. The number of aromatic nitrogens is 1. The van der Waals surface area contributed by atoms with Crippen molar-refractivity contribution in [2.75, 3.05) is 5.32 Å². The van der Waals surface area contributed by atoms with Crippen LogP contribution >= 0.6 is 11.3 Å². The van der Waals surface area contributed by atoms with Gasteiger partial charge in [0.25, 0.3) is 0 Å². The summed E-state index contributed by atoms with van der Waals surface area (Å²) in [5, 5.41) is 15.5. The molecule has 1 aromatic heterocycles. The summed E-state index contributed by atoms with van der Waals surface area (Å²) in [6.07, 6.45) is 8.04. The number of carboxylic acids is 1. The van der Waals surface area contributed by atoms with Crippen LogP contribution in [0.25, 0.3) is 10.4 Å². The standard InChI is InChI=1S/C19H23N3O3S/c23-18(24)11-10-17-20-12-16(26-17)13-6-8-15(9-7-13)22-19(25)21-14-4-2-1-3-5-14/h6-9,12,14H,1-5,10-11H2,(H,23,24)(H2,21,22,25). The largest absolute Gasteiger partial charge is 0.481 e. The monoisotopic (exact) mass is 373 g/mol. The zero-order valence-corrected chi connectivity index (χ0v) is 15.3. The lowest BCUT2D eigenvalue weighted by molar-refractivity contribution is -0.136. The fraction of sp³-hybridized carbons (Fsp3) is 0.421. The Bertz CT molecular complexity index is 752. The van der Waals surface area contributed by atoms with Crippen LogP contribution < -0.4 is 10.6 Å². The number of rotatable bonds is 6. The Morgan fingerprint density at radius 3 is 2.58 bits per heavy atom. The fourth-order valence-corrected chi connectivity index (χ4v) is 4.01. The molecule has 3 N–H and O–H groups in total. The maximum Gasteiger partial charge on any atom is 0.319 e. The molecule has 0 atom stereocenters. The molecule has 0 aliphatic heterocycles. The van der Waals surface area contributed by atoms with E-state index in [0.717, 1.165) is 34.0 Å². The summed E-state index contributed by atoms with van der Waals surface area (Å²) in [6, 6.07) is 7.73. The van der Waals surface area contributed by atoms with Crippen LogP contribution in [0.4, 0.5) is 10.5 Å². The zero-order chi connectivity index (χ0) is 18.4. The van der Waals surface area contributed by atoms with Crippen molar-refractivity contribution in [3.8, 4) is 10.4 Å². The minimum Gasteiger partial charge on any atom is -0.481 e. The van der Waals surface area contributed by atoms with Gasteiger partial charge in [0, 0.05) is 24.3 Å². The molecule has 0 radical (unpaired) electrons. The first-order chi connectivity index (χ1) is 12.6. The second-order valence-electron chi connectivity index (χ2n) is 6.52. The van der Waals surface area contributed by atoms with Crippen molar-refractivity contribution in [2.24, 2.45) is 0 Å². The molecule has 1 aliphatic carbocycles. The van der Waals surface area contributed by atoms with E-state index < -0.39 is 5.97 Å². The molecule has 1 heterocycles. The Balaban J connectivity index is 1.54.